The molecule has 1 aromatic heterocycles. The largest absolute Gasteiger partial charge is 0.481 e. The van der Waals surface area contributed by atoms with Gasteiger partial charge in [0.15, 0.2) is 11.6 Å². The number of carboxylic acids is 1. The molecule has 2 aromatic rings. The number of amides is 3. The lowest BCUT2D eigenvalue weighted by atomic mass is 10.1. The Morgan fingerprint density at radius 1 is 1.02 bits per heavy atom. The van der Waals surface area contributed by atoms with E-state index < -0.39 is 29.9 Å². The van der Waals surface area contributed by atoms with Crippen LogP contribution in [0.25, 0.3) is 11.4 Å². The number of hydrogen-bond acceptors (Lipinski definition) is 9. The summed E-state index contributed by atoms with van der Waals surface area (Å²) in [6.45, 7) is 3.59. The standard InChI is InChI=1S/C26H31N7O6.ClH/c1-2-39-26(38)32-15-13-31(14-16-32)25(37)19(9-10-22(34)35)29-24(36)20-17-21(33-12-6-11-27-33)30-23(28-20)18-7-4-3-5-8-18;/h3-5,7-8,11,17,19H,2,6,9-10,12-16H2,1H3,(H,29,36)(H,34,35);1H/t19-;/m0./s1. The molecule has 40 heavy (non-hydrogen) atoms. The van der Waals surface area contributed by atoms with E-state index in [1.807, 2.05) is 30.3 Å². The summed E-state index contributed by atoms with van der Waals surface area (Å²) in [5.74, 6) is -1.38. The van der Waals surface area contributed by atoms with Crippen LogP contribution in [0.5, 0.6) is 0 Å². The number of hydrazone groups is 1. The molecule has 214 valence electrons. The summed E-state index contributed by atoms with van der Waals surface area (Å²) < 4.78 is 5.02. The van der Waals surface area contributed by atoms with E-state index >= 15 is 0 Å². The van der Waals surface area contributed by atoms with Crippen LogP contribution in [-0.4, -0.2) is 100 Å². The molecule has 0 aliphatic carbocycles. The molecule has 1 aromatic carbocycles. The van der Waals surface area contributed by atoms with Gasteiger partial charge in [0.05, 0.1) is 6.61 Å². The van der Waals surface area contributed by atoms with Crippen molar-refractivity contribution in [3.05, 3.63) is 42.1 Å². The minimum atomic E-state index is -1.09. The first-order valence-corrected chi connectivity index (χ1v) is 12.8. The van der Waals surface area contributed by atoms with Crippen molar-refractivity contribution in [1.29, 1.82) is 0 Å². The number of ether oxygens (including phenoxy) is 1. The van der Waals surface area contributed by atoms with Gasteiger partial charge in [0.2, 0.25) is 5.91 Å². The molecule has 1 atom stereocenters. The molecule has 1 fully saturated rings. The maximum absolute atomic E-state index is 13.4. The van der Waals surface area contributed by atoms with Crippen LogP contribution in [0.2, 0.25) is 0 Å². The van der Waals surface area contributed by atoms with Gasteiger partial charge in [-0.3, -0.25) is 14.4 Å². The van der Waals surface area contributed by atoms with Gasteiger partial charge in [0.25, 0.3) is 5.91 Å². The molecule has 2 aliphatic rings. The molecule has 0 saturated carbocycles. The second kappa shape index (κ2) is 14.2. The lowest BCUT2D eigenvalue weighted by Crippen LogP contribution is -2.56. The Bertz CT molecular complexity index is 1240. The topological polar surface area (TPSA) is 158 Å². The van der Waals surface area contributed by atoms with Crippen LogP contribution in [0, 0.1) is 0 Å². The maximum Gasteiger partial charge on any atom is 0.409 e. The fraction of sp³-hybridized carbons (Fsp3) is 0.423. The maximum atomic E-state index is 13.4. The van der Waals surface area contributed by atoms with E-state index in [0.29, 0.717) is 23.8 Å². The monoisotopic (exact) mass is 573 g/mol. The summed E-state index contributed by atoms with van der Waals surface area (Å²) in [5, 5.41) is 17.9. The van der Waals surface area contributed by atoms with Crippen LogP contribution < -0.4 is 10.3 Å². The molecule has 13 nitrogen and oxygen atoms in total. The van der Waals surface area contributed by atoms with Crippen molar-refractivity contribution < 1.29 is 29.0 Å². The second-order valence-corrected chi connectivity index (χ2v) is 8.98. The van der Waals surface area contributed by atoms with Crippen molar-refractivity contribution in [2.45, 2.75) is 32.2 Å². The average molecular weight is 574 g/mol. The lowest BCUT2D eigenvalue weighted by molar-refractivity contribution is -0.138. The van der Waals surface area contributed by atoms with Gasteiger partial charge < -0.3 is 25.0 Å². The van der Waals surface area contributed by atoms with Gasteiger partial charge in [0.1, 0.15) is 11.7 Å². The van der Waals surface area contributed by atoms with Crippen molar-refractivity contribution in [2.75, 3.05) is 44.3 Å². The Labute approximate surface area is 237 Å². The van der Waals surface area contributed by atoms with E-state index in [0.717, 1.165) is 6.42 Å². The first-order chi connectivity index (χ1) is 18.9. The smallest absolute Gasteiger partial charge is 0.409 e. The number of carbonyl (C=O) groups is 4. The Balaban J connectivity index is 0.00000441. The zero-order valence-electron chi connectivity index (χ0n) is 22.1. The van der Waals surface area contributed by atoms with Crippen LogP contribution in [-0.2, 0) is 14.3 Å². The Hall–Kier alpha value is -4.26. The summed E-state index contributed by atoms with van der Waals surface area (Å²) in [7, 11) is 0. The van der Waals surface area contributed by atoms with Crippen molar-refractivity contribution in [3.63, 3.8) is 0 Å². The Morgan fingerprint density at radius 3 is 2.35 bits per heavy atom. The summed E-state index contributed by atoms with van der Waals surface area (Å²) >= 11 is 0. The number of aromatic nitrogens is 2. The SMILES string of the molecule is CCOC(=O)N1CCN(C(=O)[C@H](CCC(=O)O)NC(=O)c2cc(N3CCC=N3)nc(-c3ccccc3)n2)CC1.Cl. The van der Waals surface area contributed by atoms with E-state index in [2.05, 4.69) is 20.4 Å². The highest BCUT2D eigenvalue weighted by Crippen LogP contribution is 2.22. The van der Waals surface area contributed by atoms with Gasteiger partial charge in [-0.2, -0.15) is 5.10 Å². The number of benzene rings is 1. The molecule has 2 aliphatic heterocycles. The first kappa shape index (κ1) is 30.3. The van der Waals surface area contributed by atoms with Crippen LogP contribution in [0.4, 0.5) is 10.6 Å². The zero-order chi connectivity index (χ0) is 27.8. The van der Waals surface area contributed by atoms with Crippen molar-refractivity contribution in [1.82, 2.24) is 25.1 Å². The molecule has 2 N–H and O–H groups in total. The van der Waals surface area contributed by atoms with Crippen molar-refractivity contribution in [2.24, 2.45) is 5.10 Å². The molecule has 1 saturated heterocycles. The van der Waals surface area contributed by atoms with Crippen LogP contribution >= 0.6 is 12.4 Å². The third-order valence-electron chi connectivity index (χ3n) is 6.30. The summed E-state index contributed by atoms with van der Waals surface area (Å²) in [5.41, 5.74) is 0.732. The quantitative estimate of drug-likeness (QED) is 0.458. The first-order valence-electron chi connectivity index (χ1n) is 12.8. The fourth-order valence-corrected chi connectivity index (χ4v) is 4.27. The summed E-state index contributed by atoms with van der Waals surface area (Å²) in [6, 6.07) is 9.58. The number of aliphatic carboxylic acids is 1. The van der Waals surface area contributed by atoms with Gasteiger partial charge in [-0.05, 0) is 13.3 Å². The predicted molar refractivity (Wildman–Crippen MR) is 148 cm³/mol. The fourth-order valence-electron chi connectivity index (χ4n) is 4.27. The number of rotatable bonds is 9. The molecule has 14 heteroatoms. The molecule has 3 heterocycles. The average Bonchev–Trinajstić information content (AvgIpc) is 3.50. The Morgan fingerprint density at radius 2 is 1.73 bits per heavy atom. The molecule has 0 bridgehead atoms. The number of nitrogens with one attached hydrogen (secondary N) is 1. The van der Waals surface area contributed by atoms with E-state index in [9.17, 15) is 24.3 Å². The minimum absolute atomic E-state index is 0. The number of nitrogens with zero attached hydrogens (tertiary/aromatic N) is 6. The highest BCUT2D eigenvalue weighted by atomic mass is 35.5. The second-order valence-electron chi connectivity index (χ2n) is 8.98. The lowest BCUT2D eigenvalue weighted by Gasteiger charge is -2.35. The van der Waals surface area contributed by atoms with Crippen LogP contribution in [0.15, 0.2) is 41.5 Å². The van der Waals surface area contributed by atoms with Crippen LogP contribution in [0.3, 0.4) is 0 Å². The van der Waals surface area contributed by atoms with Gasteiger partial charge in [-0.1, -0.05) is 30.3 Å². The summed E-state index contributed by atoms with van der Waals surface area (Å²) in [4.78, 5) is 62.1. The minimum Gasteiger partial charge on any atom is -0.481 e. The van der Waals surface area contributed by atoms with E-state index in [4.69, 9.17) is 4.74 Å². The molecule has 0 spiro atoms. The summed E-state index contributed by atoms with van der Waals surface area (Å²) in [6.07, 6.45) is 1.63. The highest BCUT2D eigenvalue weighted by molar-refractivity contribution is 5.97. The number of piperazine rings is 1. The molecule has 0 unspecified atom stereocenters. The van der Waals surface area contributed by atoms with Gasteiger partial charge in [0, 0.05) is 63.4 Å². The highest BCUT2D eigenvalue weighted by Gasteiger charge is 2.31. The van der Waals surface area contributed by atoms with Crippen LogP contribution in [0.1, 0.15) is 36.7 Å². The van der Waals surface area contributed by atoms with Crippen molar-refractivity contribution >= 4 is 48.3 Å². The third-order valence-corrected chi connectivity index (χ3v) is 6.30. The molecule has 3 amide bonds. The molecule has 4 rings (SSSR count). The number of hydrogen-bond donors (Lipinski definition) is 2. The van der Waals surface area contributed by atoms with E-state index in [1.54, 1.807) is 18.1 Å². The van der Waals surface area contributed by atoms with Gasteiger partial charge >= 0.3 is 12.1 Å². The normalized spacial score (nSPS) is 15.3. The third kappa shape index (κ3) is 7.65. The van der Waals surface area contributed by atoms with Crippen molar-refractivity contribution in [3.8, 4) is 11.4 Å². The van der Waals surface area contributed by atoms with Gasteiger partial charge in [-0.15, -0.1) is 12.4 Å². The Kier molecular flexibility index (Phi) is 10.8. The van der Waals surface area contributed by atoms with E-state index in [1.165, 1.54) is 15.9 Å². The number of carboxylic acid groups (broad SMARTS) is 1. The number of anilines is 1. The predicted octanol–water partition coefficient (Wildman–Crippen LogP) is 2.03. The van der Waals surface area contributed by atoms with Gasteiger partial charge in [-0.25, -0.2) is 19.8 Å². The zero-order valence-corrected chi connectivity index (χ0v) is 22.9. The van der Waals surface area contributed by atoms with E-state index in [-0.39, 0.29) is 63.7 Å². The molecule has 0 radical (unpaired) electrons. The number of carbonyl (C=O) groups excluding carboxylic acids is 3. The number of halogens is 1. The molecular formula is C26H32ClN7O6. The molecular weight excluding hydrogens is 542 g/mol.